The highest BCUT2D eigenvalue weighted by molar-refractivity contribution is 8.17. The van der Waals surface area contributed by atoms with Gasteiger partial charge >= 0.3 is 5.97 Å². The number of amides is 1. The first kappa shape index (κ1) is 14.6. The highest BCUT2D eigenvalue weighted by Crippen LogP contribution is 2.25. The first-order valence-corrected chi connectivity index (χ1v) is 6.44. The summed E-state index contributed by atoms with van der Waals surface area (Å²) < 4.78 is 4.96. The van der Waals surface area contributed by atoms with Gasteiger partial charge < -0.3 is 14.5 Å². The predicted octanol–water partition coefficient (Wildman–Crippen LogP) is 1.68. The van der Waals surface area contributed by atoms with Crippen LogP contribution in [0, 0.1) is 0 Å². The van der Waals surface area contributed by atoms with E-state index in [1.807, 2.05) is 18.1 Å². The van der Waals surface area contributed by atoms with Gasteiger partial charge in [-0.15, -0.1) is 0 Å². The van der Waals surface area contributed by atoms with Crippen molar-refractivity contribution in [1.29, 1.82) is 0 Å². The molecule has 0 saturated heterocycles. The van der Waals surface area contributed by atoms with Gasteiger partial charge in [0.05, 0.1) is 12.2 Å². The van der Waals surface area contributed by atoms with Crippen LogP contribution >= 0.6 is 11.8 Å². The van der Waals surface area contributed by atoms with E-state index in [-0.39, 0.29) is 11.2 Å². The summed E-state index contributed by atoms with van der Waals surface area (Å²) in [6, 6.07) is 0. The highest BCUT2D eigenvalue weighted by atomic mass is 32.2. The number of carbonyl (C=O) groups is 2. The van der Waals surface area contributed by atoms with E-state index in [4.69, 9.17) is 4.74 Å². The summed E-state index contributed by atoms with van der Waals surface area (Å²) in [7, 11) is 5.24. The second kappa shape index (κ2) is 6.49. The molecule has 0 saturated carbocycles. The second-order valence-electron chi connectivity index (χ2n) is 4.10. The van der Waals surface area contributed by atoms with Crippen molar-refractivity contribution in [3.63, 3.8) is 0 Å². The third-order valence-electron chi connectivity index (χ3n) is 2.19. The number of hydrogen-bond acceptors (Lipinski definition) is 5. The summed E-state index contributed by atoms with van der Waals surface area (Å²) in [5.41, 5.74) is 0.566. The summed E-state index contributed by atoms with van der Waals surface area (Å²) in [6.07, 6.45) is 3.55. The maximum atomic E-state index is 11.7. The van der Waals surface area contributed by atoms with Gasteiger partial charge in [-0.05, 0) is 24.8 Å². The Bertz CT molecular complexity index is 402. The molecule has 100 valence electrons. The summed E-state index contributed by atoms with van der Waals surface area (Å²) in [5.74, 6) is -0.326. The first-order valence-electron chi connectivity index (χ1n) is 5.63. The quantitative estimate of drug-likeness (QED) is 0.730. The molecule has 0 N–H and O–H groups in total. The molecule has 1 amide bonds. The van der Waals surface area contributed by atoms with Gasteiger partial charge in [0.15, 0.2) is 0 Å². The summed E-state index contributed by atoms with van der Waals surface area (Å²) in [4.78, 5) is 27.4. The Morgan fingerprint density at radius 1 is 1.50 bits per heavy atom. The molecule has 0 aromatic heterocycles. The van der Waals surface area contributed by atoms with E-state index in [1.165, 1.54) is 4.90 Å². The molecule has 5 nitrogen and oxygen atoms in total. The van der Waals surface area contributed by atoms with Gasteiger partial charge in [0.25, 0.3) is 5.24 Å². The topological polar surface area (TPSA) is 49.9 Å². The number of hydrogen-bond donors (Lipinski definition) is 0. The number of ether oxygens (including phenoxy) is 1. The molecule has 1 aliphatic heterocycles. The Morgan fingerprint density at radius 3 is 2.72 bits per heavy atom. The molecule has 18 heavy (non-hydrogen) atoms. The second-order valence-corrected chi connectivity index (χ2v) is 5.12. The van der Waals surface area contributed by atoms with Crippen molar-refractivity contribution >= 4 is 23.0 Å². The molecule has 0 aromatic rings. The number of carbonyl (C=O) groups excluding carboxylic acids is 2. The summed E-state index contributed by atoms with van der Waals surface area (Å²) >= 11 is 1.09. The molecule has 1 aliphatic rings. The average molecular weight is 270 g/mol. The van der Waals surface area contributed by atoms with E-state index >= 15 is 0 Å². The molecule has 0 spiro atoms. The van der Waals surface area contributed by atoms with Crippen LogP contribution in [0.2, 0.25) is 0 Å². The molecule has 0 bridgehead atoms. The van der Waals surface area contributed by atoms with E-state index in [9.17, 15) is 9.59 Å². The summed E-state index contributed by atoms with van der Waals surface area (Å²) in [5, 5.41) is -0.0731. The van der Waals surface area contributed by atoms with Crippen molar-refractivity contribution < 1.29 is 14.3 Å². The summed E-state index contributed by atoms with van der Waals surface area (Å²) in [6.45, 7) is 2.62. The van der Waals surface area contributed by atoms with Crippen LogP contribution in [0.5, 0.6) is 0 Å². The van der Waals surface area contributed by atoms with Gasteiger partial charge in [0.2, 0.25) is 0 Å². The Morgan fingerprint density at radius 2 is 2.17 bits per heavy atom. The fourth-order valence-corrected chi connectivity index (χ4v) is 2.20. The van der Waals surface area contributed by atoms with E-state index in [2.05, 4.69) is 0 Å². The number of esters is 1. The number of rotatable bonds is 3. The lowest BCUT2D eigenvalue weighted by Crippen LogP contribution is -2.24. The molecule has 6 heteroatoms. The van der Waals surface area contributed by atoms with Gasteiger partial charge in [-0.2, -0.15) is 0 Å². The van der Waals surface area contributed by atoms with Crippen molar-refractivity contribution in [2.24, 2.45) is 0 Å². The van der Waals surface area contributed by atoms with Crippen LogP contribution < -0.4 is 0 Å². The zero-order valence-corrected chi connectivity index (χ0v) is 11.9. The number of likely N-dealkylation sites (N-methyl/N-ethyl adjacent to an activating group) is 1. The van der Waals surface area contributed by atoms with Crippen molar-refractivity contribution in [2.75, 3.05) is 34.3 Å². The zero-order chi connectivity index (χ0) is 13.7. The van der Waals surface area contributed by atoms with Crippen LogP contribution in [-0.2, 0) is 9.53 Å². The Balaban J connectivity index is 2.78. The predicted molar refractivity (Wildman–Crippen MR) is 72.1 cm³/mol. The van der Waals surface area contributed by atoms with Crippen molar-refractivity contribution in [3.05, 3.63) is 22.8 Å². The number of allylic oxidation sites excluding steroid dienone is 1. The maximum absolute atomic E-state index is 11.7. The first-order chi connectivity index (χ1) is 8.43. The number of thioether (sulfide) groups is 1. The smallest absolute Gasteiger partial charge is 0.335 e. The Kier molecular flexibility index (Phi) is 5.27. The molecular weight excluding hydrogens is 252 g/mol. The standard InChI is InChI=1S/C12H18N2O3S/c1-5-17-11(15)9-6-10(8-14(4)7-9)18-12(16)13(2)3/h6,8H,5,7H2,1-4H3. The molecule has 0 fully saturated rings. The van der Waals surface area contributed by atoms with Crippen LogP contribution in [0.4, 0.5) is 4.79 Å². The van der Waals surface area contributed by atoms with E-state index in [0.717, 1.165) is 16.7 Å². The largest absolute Gasteiger partial charge is 0.463 e. The van der Waals surface area contributed by atoms with E-state index < -0.39 is 0 Å². The molecule has 0 aromatic carbocycles. The van der Waals surface area contributed by atoms with Gasteiger partial charge in [0.1, 0.15) is 0 Å². The monoisotopic (exact) mass is 270 g/mol. The maximum Gasteiger partial charge on any atom is 0.335 e. The third-order valence-corrected chi connectivity index (χ3v) is 3.19. The molecule has 0 aliphatic carbocycles. The van der Waals surface area contributed by atoms with Crippen LogP contribution in [0.1, 0.15) is 6.92 Å². The van der Waals surface area contributed by atoms with E-state index in [0.29, 0.717) is 18.7 Å². The molecule has 0 radical (unpaired) electrons. The minimum atomic E-state index is -0.326. The number of nitrogens with zero attached hydrogens (tertiary/aromatic N) is 2. The van der Waals surface area contributed by atoms with Gasteiger partial charge in [-0.25, -0.2) is 4.79 Å². The van der Waals surface area contributed by atoms with Gasteiger partial charge in [0, 0.05) is 38.8 Å². The van der Waals surface area contributed by atoms with Crippen molar-refractivity contribution in [1.82, 2.24) is 9.80 Å². The minimum Gasteiger partial charge on any atom is -0.463 e. The third kappa shape index (κ3) is 4.10. The van der Waals surface area contributed by atoms with Crippen LogP contribution in [-0.4, -0.2) is 55.3 Å². The van der Waals surface area contributed by atoms with Crippen molar-refractivity contribution in [2.45, 2.75) is 6.92 Å². The molecule has 0 unspecified atom stereocenters. The fourth-order valence-electron chi connectivity index (χ4n) is 1.38. The minimum absolute atomic E-state index is 0.0731. The molecule has 0 atom stereocenters. The molecular formula is C12H18N2O3S. The average Bonchev–Trinajstić information content (AvgIpc) is 2.28. The highest BCUT2D eigenvalue weighted by Gasteiger charge is 2.19. The lowest BCUT2D eigenvalue weighted by Gasteiger charge is -2.22. The molecule has 1 rings (SSSR count). The zero-order valence-electron chi connectivity index (χ0n) is 11.1. The van der Waals surface area contributed by atoms with Crippen LogP contribution in [0.3, 0.4) is 0 Å². The normalized spacial score (nSPS) is 14.8. The Hall–Kier alpha value is -1.43. The van der Waals surface area contributed by atoms with Gasteiger partial charge in [-0.3, -0.25) is 4.79 Å². The lowest BCUT2D eigenvalue weighted by atomic mass is 10.2. The SMILES string of the molecule is CCOC(=O)C1=CC(SC(=O)N(C)C)=CN(C)C1. The van der Waals surface area contributed by atoms with Crippen LogP contribution in [0.25, 0.3) is 0 Å². The Labute approximate surface area is 111 Å². The fraction of sp³-hybridized carbons (Fsp3) is 0.500. The van der Waals surface area contributed by atoms with Gasteiger partial charge in [-0.1, -0.05) is 0 Å². The lowest BCUT2D eigenvalue weighted by molar-refractivity contribution is -0.138. The van der Waals surface area contributed by atoms with E-state index in [1.54, 1.807) is 27.1 Å². The van der Waals surface area contributed by atoms with Crippen LogP contribution in [0.15, 0.2) is 22.8 Å². The molecule has 1 heterocycles. The van der Waals surface area contributed by atoms with Crippen molar-refractivity contribution in [3.8, 4) is 0 Å².